The molecule has 1 rings (SSSR count). The van der Waals surface area contributed by atoms with E-state index in [1.807, 2.05) is 13.8 Å². The first-order valence-corrected chi connectivity index (χ1v) is 6.65. The highest BCUT2D eigenvalue weighted by atomic mass is 16.5. The van der Waals surface area contributed by atoms with Crippen molar-refractivity contribution in [1.82, 2.24) is 10.5 Å². The molecule has 0 spiro atoms. The van der Waals surface area contributed by atoms with Crippen LogP contribution in [0, 0.1) is 19.8 Å². The van der Waals surface area contributed by atoms with Crippen molar-refractivity contribution in [1.29, 1.82) is 0 Å². The fourth-order valence-corrected chi connectivity index (χ4v) is 1.96. The maximum absolute atomic E-state index is 5.15. The molecule has 0 aliphatic rings. The van der Waals surface area contributed by atoms with Crippen LogP contribution < -0.4 is 5.32 Å². The van der Waals surface area contributed by atoms with Gasteiger partial charge in [-0.2, -0.15) is 0 Å². The van der Waals surface area contributed by atoms with Gasteiger partial charge in [0.15, 0.2) is 0 Å². The van der Waals surface area contributed by atoms with Crippen molar-refractivity contribution in [2.75, 3.05) is 0 Å². The molecule has 0 saturated carbocycles. The molecule has 1 N–H and O–H groups in total. The summed E-state index contributed by atoms with van der Waals surface area (Å²) in [6.07, 6.45) is 3.85. The SMILES string of the molecule is Cc1noc(C)c1CNC(C)CCCC(C)C. The molecule has 1 heterocycles. The topological polar surface area (TPSA) is 38.1 Å². The van der Waals surface area contributed by atoms with Crippen LogP contribution in [0.25, 0.3) is 0 Å². The van der Waals surface area contributed by atoms with Crippen molar-refractivity contribution in [2.24, 2.45) is 5.92 Å². The fourth-order valence-electron chi connectivity index (χ4n) is 1.96. The van der Waals surface area contributed by atoms with E-state index in [4.69, 9.17) is 4.52 Å². The quantitative estimate of drug-likeness (QED) is 0.788. The van der Waals surface area contributed by atoms with Crippen LogP contribution in [0.1, 0.15) is 57.1 Å². The predicted octanol–water partition coefficient (Wildman–Crippen LogP) is 3.60. The molecule has 0 amide bonds. The minimum absolute atomic E-state index is 0.558. The Morgan fingerprint density at radius 3 is 2.41 bits per heavy atom. The molecule has 1 aromatic heterocycles. The second-order valence-electron chi connectivity index (χ2n) is 5.41. The van der Waals surface area contributed by atoms with Crippen molar-refractivity contribution in [2.45, 2.75) is 66.5 Å². The van der Waals surface area contributed by atoms with Gasteiger partial charge in [-0.15, -0.1) is 0 Å². The van der Waals surface area contributed by atoms with Crippen molar-refractivity contribution >= 4 is 0 Å². The molecule has 0 fully saturated rings. The number of hydrogen-bond acceptors (Lipinski definition) is 3. The zero-order valence-electron chi connectivity index (χ0n) is 11.8. The number of nitrogens with one attached hydrogen (secondary N) is 1. The summed E-state index contributed by atoms with van der Waals surface area (Å²) in [6.45, 7) is 11.6. The smallest absolute Gasteiger partial charge is 0.138 e. The second-order valence-corrected chi connectivity index (χ2v) is 5.41. The summed E-state index contributed by atoms with van der Waals surface area (Å²) in [5.41, 5.74) is 2.21. The maximum atomic E-state index is 5.15. The van der Waals surface area contributed by atoms with Gasteiger partial charge in [0.2, 0.25) is 0 Å². The Morgan fingerprint density at radius 2 is 1.88 bits per heavy atom. The third-order valence-corrected chi connectivity index (χ3v) is 3.23. The standard InChI is InChI=1S/C14H26N2O/c1-10(2)7-6-8-11(3)15-9-14-12(4)16-17-13(14)5/h10-11,15H,6-9H2,1-5H3. The van der Waals surface area contributed by atoms with E-state index in [-0.39, 0.29) is 0 Å². The maximum Gasteiger partial charge on any atom is 0.138 e. The van der Waals surface area contributed by atoms with E-state index >= 15 is 0 Å². The van der Waals surface area contributed by atoms with Crippen molar-refractivity contribution < 1.29 is 4.52 Å². The van der Waals surface area contributed by atoms with E-state index in [0.717, 1.165) is 23.9 Å². The minimum atomic E-state index is 0.558. The highest BCUT2D eigenvalue weighted by molar-refractivity contribution is 5.20. The van der Waals surface area contributed by atoms with Gasteiger partial charge in [0.05, 0.1) is 5.69 Å². The van der Waals surface area contributed by atoms with Gasteiger partial charge in [-0.05, 0) is 33.1 Å². The number of aryl methyl sites for hydroxylation is 2. The molecule has 3 heteroatoms. The third kappa shape index (κ3) is 4.90. The molecule has 0 saturated heterocycles. The highest BCUT2D eigenvalue weighted by Crippen LogP contribution is 2.13. The van der Waals surface area contributed by atoms with Crippen LogP contribution in [0.4, 0.5) is 0 Å². The summed E-state index contributed by atoms with van der Waals surface area (Å²) in [7, 11) is 0. The fraction of sp³-hybridized carbons (Fsp3) is 0.786. The van der Waals surface area contributed by atoms with Crippen LogP contribution in [0.15, 0.2) is 4.52 Å². The van der Waals surface area contributed by atoms with Gasteiger partial charge in [0.25, 0.3) is 0 Å². The summed E-state index contributed by atoms with van der Waals surface area (Å²) < 4.78 is 5.15. The van der Waals surface area contributed by atoms with Crippen LogP contribution in [-0.2, 0) is 6.54 Å². The second kappa shape index (κ2) is 6.80. The lowest BCUT2D eigenvalue weighted by atomic mass is 10.0. The van der Waals surface area contributed by atoms with E-state index in [1.54, 1.807) is 0 Å². The van der Waals surface area contributed by atoms with Gasteiger partial charge in [-0.1, -0.05) is 31.8 Å². The lowest BCUT2D eigenvalue weighted by Crippen LogP contribution is -2.25. The zero-order chi connectivity index (χ0) is 12.8. The van der Waals surface area contributed by atoms with Crippen molar-refractivity contribution in [3.05, 3.63) is 17.0 Å². The molecule has 0 bridgehead atoms. The number of aromatic nitrogens is 1. The van der Waals surface area contributed by atoms with Crippen LogP contribution in [-0.4, -0.2) is 11.2 Å². The predicted molar refractivity (Wildman–Crippen MR) is 71.0 cm³/mol. The third-order valence-electron chi connectivity index (χ3n) is 3.23. The summed E-state index contributed by atoms with van der Waals surface area (Å²) in [5.74, 6) is 1.74. The van der Waals surface area contributed by atoms with Crippen LogP contribution in [0.3, 0.4) is 0 Å². The first kappa shape index (κ1) is 14.2. The Bertz CT molecular complexity index is 311. The Kier molecular flexibility index (Phi) is 5.69. The van der Waals surface area contributed by atoms with E-state index < -0.39 is 0 Å². The normalized spacial score (nSPS) is 13.3. The monoisotopic (exact) mass is 238 g/mol. The van der Waals surface area contributed by atoms with Crippen molar-refractivity contribution in [3.63, 3.8) is 0 Å². The van der Waals surface area contributed by atoms with Gasteiger partial charge in [0.1, 0.15) is 5.76 Å². The summed E-state index contributed by atoms with van der Waals surface area (Å²) >= 11 is 0. The lowest BCUT2D eigenvalue weighted by Gasteiger charge is -2.14. The van der Waals surface area contributed by atoms with E-state index in [1.165, 1.54) is 24.8 Å². The van der Waals surface area contributed by atoms with Crippen LogP contribution >= 0.6 is 0 Å². The number of nitrogens with zero attached hydrogens (tertiary/aromatic N) is 1. The van der Waals surface area contributed by atoms with Gasteiger partial charge >= 0.3 is 0 Å². The summed E-state index contributed by atoms with van der Waals surface area (Å²) in [4.78, 5) is 0. The Balaban J connectivity index is 2.26. The number of rotatable bonds is 7. The zero-order valence-corrected chi connectivity index (χ0v) is 11.8. The van der Waals surface area contributed by atoms with Crippen molar-refractivity contribution in [3.8, 4) is 0 Å². The minimum Gasteiger partial charge on any atom is -0.361 e. The molecular formula is C14H26N2O. The van der Waals surface area contributed by atoms with Crippen LogP contribution in [0.2, 0.25) is 0 Å². The average Bonchev–Trinajstić information content (AvgIpc) is 2.55. The van der Waals surface area contributed by atoms with E-state index in [0.29, 0.717) is 6.04 Å². The molecule has 98 valence electrons. The Hall–Kier alpha value is -0.830. The average molecular weight is 238 g/mol. The van der Waals surface area contributed by atoms with Gasteiger partial charge in [-0.25, -0.2) is 0 Å². The van der Waals surface area contributed by atoms with Gasteiger partial charge in [0, 0.05) is 18.2 Å². The summed E-state index contributed by atoms with van der Waals surface area (Å²) in [6, 6.07) is 0.558. The van der Waals surface area contributed by atoms with E-state index in [9.17, 15) is 0 Å². The molecule has 0 radical (unpaired) electrons. The first-order chi connectivity index (χ1) is 8.00. The van der Waals surface area contributed by atoms with E-state index in [2.05, 4.69) is 31.2 Å². The molecule has 1 atom stereocenters. The summed E-state index contributed by atoms with van der Waals surface area (Å²) in [5, 5.41) is 7.50. The molecule has 0 aromatic carbocycles. The highest BCUT2D eigenvalue weighted by Gasteiger charge is 2.10. The molecular weight excluding hydrogens is 212 g/mol. The Morgan fingerprint density at radius 1 is 1.18 bits per heavy atom. The van der Waals surface area contributed by atoms with Gasteiger partial charge in [-0.3, -0.25) is 0 Å². The molecule has 0 aliphatic heterocycles. The largest absolute Gasteiger partial charge is 0.361 e. The van der Waals surface area contributed by atoms with Crippen LogP contribution in [0.5, 0.6) is 0 Å². The first-order valence-electron chi connectivity index (χ1n) is 6.65. The molecule has 17 heavy (non-hydrogen) atoms. The molecule has 0 aliphatic carbocycles. The van der Waals surface area contributed by atoms with Gasteiger partial charge < -0.3 is 9.84 Å². The number of hydrogen-bond donors (Lipinski definition) is 1. The molecule has 3 nitrogen and oxygen atoms in total. The molecule has 1 aromatic rings. The Labute approximate surface area is 105 Å². The lowest BCUT2D eigenvalue weighted by molar-refractivity contribution is 0.391. The molecule has 1 unspecified atom stereocenters.